The van der Waals surface area contributed by atoms with Crippen molar-refractivity contribution in [3.05, 3.63) is 28.4 Å². The molecule has 2 rings (SSSR count). The van der Waals surface area contributed by atoms with E-state index in [1.807, 2.05) is 4.90 Å². The van der Waals surface area contributed by atoms with Gasteiger partial charge in [-0.05, 0) is 16.0 Å². The number of nitro groups is 1. The maximum Gasteiger partial charge on any atom is 0.407 e. The highest BCUT2D eigenvalue weighted by Crippen LogP contribution is 2.17. The molecule has 1 aromatic rings. The summed E-state index contributed by atoms with van der Waals surface area (Å²) in [6.07, 6.45) is 0.519. The number of hydrogen-bond acceptors (Lipinski definition) is 5. The molecule has 1 fully saturated rings. The Bertz CT molecular complexity index is 453. The number of piperazine rings is 1. The van der Waals surface area contributed by atoms with Crippen LogP contribution in [0.5, 0.6) is 0 Å². The zero-order valence-corrected chi connectivity index (χ0v) is 9.52. The van der Waals surface area contributed by atoms with Crippen LogP contribution in [-0.2, 0) is 0 Å². The molecule has 0 radical (unpaired) electrons. The molecule has 96 valence electrons. The highest BCUT2D eigenvalue weighted by atomic mass is 16.6. The highest BCUT2D eigenvalue weighted by Gasteiger charge is 2.21. The minimum atomic E-state index is -0.920. The van der Waals surface area contributed by atoms with Crippen molar-refractivity contribution in [2.45, 2.75) is 0 Å². The summed E-state index contributed by atoms with van der Waals surface area (Å²) in [6, 6.07) is 2.97. The molecule has 18 heavy (non-hydrogen) atoms. The third-order valence-electron chi connectivity index (χ3n) is 2.83. The van der Waals surface area contributed by atoms with Crippen molar-refractivity contribution in [1.82, 2.24) is 9.88 Å². The van der Waals surface area contributed by atoms with E-state index in [4.69, 9.17) is 5.11 Å². The van der Waals surface area contributed by atoms with E-state index in [2.05, 4.69) is 4.98 Å². The topological polar surface area (TPSA) is 99.8 Å². The van der Waals surface area contributed by atoms with Crippen LogP contribution in [0.2, 0.25) is 0 Å². The first kappa shape index (κ1) is 12.1. The van der Waals surface area contributed by atoms with Gasteiger partial charge in [-0.3, -0.25) is 0 Å². The van der Waals surface area contributed by atoms with E-state index in [9.17, 15) is 14.9 Å². The molecule has 8 nitrogen and oxygen atoms in total. The van der Waals surface area contributed by atoms with Crippen molar-refractivity contribution in [3.63, 3.8) is 0 Å². The van der Waals surface area contributed by atoms with Gasteiger partial charge in [-0.2, -0.15) is 0 Å². The van der Waals surface area contributed by atoms with E-state index in [0.29, 0.717) is 26.2 Å². The van der Waals surface area contributed by atoms with Gasteiger partial charge in [-0.1, -0.05) is 0 Å². The van der Waals surface area contributed by atoms with E-state index in [0.717, 1.165) is 5.69 Å². The van der Waals surface area contributed by atoms with Crippen LogP contribution in [0.25, 0.3) is 0 Å². The zero-order chi connectivity index (χ0) is 13.1. The molecule has 0 spiro atoms. The summed E-state index contributed by atoms with van der Waals surface area (Å²) in [7, 11) is 0. The number of hydrogen-bond donors (Lipinski definition) is 1. The zero-order valence-electron chi connectivity index (χ0n) is 9.52. The normalized spacial score (nSPS) is 15.6. The molecule has 0 saturated carbocycles. The predicted molar refractivity (Wildman–Crippen MR) is 62.7 cm³/mol. The van der Waals surface area contributed by atoms with Crippen LogP contribution in [-0.4, -0.2) is 52.2 Å². The summed E-state index contributed by atoms with van der Waals surface area (Å²) >= 11 is 0. The van der Waals surface area contributed by atoms with Gasteiger partial charge in [0.05, 0.1) is 5.69 Å². The van der Waals surface area contributed by atoms with Gasteiger partial charge in [0.25, 0.3) is 0 Å². The number of rotatable bonds is 2. The van der Waals surface area contributed by atoms with Gasteiger partial charge < -0.3 is 25.0 Å². The van der Waals surface area contributed by atoms with Gasteiger partial charge in [0.2, 0.25) is 0 Å². The Labute approximate surface area is 103 Å². The average molecular weight is 252 g/mol. The van der Waals surface area contributed by atoms with Crippen LogP contribution >= 0.6 is 0 Å². The second kappa shape index (κ2) is 4.86. The van der Waals surface area contributed by atoms with Gasteiger partial charge >= 0.3 is 11.9 Å². The molecular formula is C10H12N4O4. The van der Waals surface area contributed by atoms with E-state index in [1.165, 1.54) is 17.2 Å². The van der Waals surface area contributed by atoms with Gasteiger partial charge in [-0.25, -0.2) is 4.79 Å². The fourth-order valence-corrected chi connectivity index (χ4v) is 1.83. The molecule has 0 aromatic carbocycles. The van der Waals surface area contributed by atoms with Crippen molar-refractivity contribution in [2.24, 2.45) is 0 Å². The second-order valence-electron chi connectivity index (χ2n) is 3.89. The lowest BCUT2D eigenvalue weighted by molar-refractivity contribution is -0.389. The van der Waals surface area contributed by atoms with Crippen LogP contribution in [0.15, 0.2) is 18.3 Å². The van der Waals surface area contributed by atoms with Crippen molar-refractivity contribution >= 4 is 17.6 Å². The number of nitrogens with zero attached hydrogens (tertiary/aromatic N) is 4. The Morgan fingerprint density at radius 2 is 2.00 bits per heavy atom. The van der Waals surface area contributed by atoms with Gasteiger partial charge in [0.1, 0.15) is 0 Å². The summed E-state index contributed by atoms with van der Waals surface area (Å²) in [6.45, 7) is 1.97. The summed E-state index contributed by atoms with van der Waals surface area (Å²) in [5.41, 5.74) is 0.769. The summed E-state index contributed by atoms with van der Waals surface area (Å²) < 4.78 is 0. The first-order valence-corrected chi connectivity index (χ1v) is 5.41. The molecule has 1 saturated heterocycles. The van der Waals surface area contributed by atoms with Crippen molar-refractivity contribution in [2.75, 3.05) is 31.1 Å². The first-order valence-electron chi connectivity index (χ1n) is 5.41. The number of aromatic nitrogens is 1. The van der Waals surface area contributed by atoms with Crippen LogP contribution in [0.3, 0.4) is 0 Å². The number of carbonyl (C=O) groups is 1. The number of pyridine rings is 1. The fraction of sp³-hybridized carbons (Fsp3) is 0.400. The molecule has 1 aliphatic rings. The van der Waals surface area contributed by atoms with E-state index in [-0.39, 0.29) is 5.82 Å². The highest BCUT2D eigenvalue weighted by molar-refractivity contribution is 5.65. The Morgan fingerprint density at radius 1 is 1.33 bits per heavy atom. The lowest BCUT2D eigenvalue weighted by atomic mass is 10.3. The van der Waals surface area contributed by atoms with Gasteiger partial charge in [0, 0.05) is 32.2 Å². The van der Waals surface area contributed by atoms with Crippen LogP contribution in [0.1, 0.15) is 0 Å². The lowest BCUT2D eigenvalue weighted by Crippen LogP contribution is -2.48. The fourth-order valence-electron chi connectivity index (χ4n) is 1.83. The monoisotopic (exact) mass is 252 g/mol. The molecule has 0 unspecified atom stereocenters. The number of carboxylic acid groups (broad SMARTS) is 1. The molecule has 2 heterocycles. The molecule has 1 N–H and O–H groups in total. The number of amides is 1. The smallest absolute Gasteiger partial charge is 0.407 e. The first-order chi connectivity index (χ1) is 8.58. The molecule has 0 aliphatic carbocycles. The second-order valence-corrected chi connectivity index (χ2v) is 3.89. The van der Waals surface area contributed by atoms with Crippen LogP contribution in [0, 0.1) is 10.1 Å². The Morgan fingerprint density at radius 3 is 2.44 bits per heavy atom. The van der Waals surface area contributed by atoms with E-state index >= 15 is 0 Å². The molecule has 8 heteroatoms. The SMILES string of the molecule is O=C(O)N1CCN(c2ccc([N+](=O)[O-])nc2)CC1. The maximum absolute atomic E-state index is 10.7. The van der Waals surface area contributed by atoms with Gasteiger partial charge in [-0.15, -0.1) is 0 Å². The van der Waals surface area contributed by atoms with Crippen LogP contribution < -0.4 is 4.90 Å². The predicted octanol–water partition coefficient (Wildman–Crippen LogP) is 0.790. The third kappa shape index (κ3) is 2.47. The molecular weight excluding hydrogens is 240 g/mol. The van der Waals surface area contributed by atoms with Crippen molar-refractivity contribution in [3.8, 4) is 0 Å². The maximum atomic E-state index is 10.7. The van der Waals surface area contributed by atoms with Gasteiger partial charge in [0.15, 0.2) is 6.20 Å². The third-order valence-corrected chi connectivity index (χ3v) is 2.83. The summed E-state index contributed by atoms with van der Waals surface area (Å²) in [5, 5.41) is 19.3. The van der Waals surface area contributed by atoms with Crippen molar-refractivity contribution < 1.29 is 14.8 Å². The Kier molecular flexibility index (Phi) is 3.26. The minimum absolute atomic E-state index is 0.192. The Balaban J connectivity index is 2.01. The summed E-state index contributed by atoms with van der Waals surface area (Å²) in [5.74, 6) is -0.192. The van der Waals surface area contributed by atoms with Crippen molar-refractivity contribution in [1.29, 1.82) is 0 Å². The Hall–Kier alpha value is -2.38. The minimum Gasteiger partial charge on any atom is -0.465 e. The van der Waals surface area contributed by atoms with Crippen LogP contribution in [0.4, 0.5) is 16.3 Å². The molecule has 1 amide bonds. The molecule has 0 atom stereocenters. The largest absolute Gasteiger partial charge is 0.465 e. The lowest BCUT2D eigenvalue weighted by Gasteiger charge is -2.33. The quantitative estimate of drug-likeness (QED) is 0.617. The average Bonchev–Trinajstić information content (AvgIpc) is 2.39. The molecule has 1 aliphatic heterocycles. The summed E-state index contributed by atoms with van der Waals surface area (Å²) in [4.78, 5) is 27.7. The number of anilines is 1. The molecule has 1 aromatic heterocycles. The standard InChI is InChI=1S/C10H12N4O4/c15-10(16)13-5-3-12(4-6-13)8-1-2-9(11-7-8)14(17)18/h1-2,7H,3-6H2,(H,15,16). The molecule has 0 bridgehead atoms. The van der Waals surface area contributed by atoms with E-state index in [1.54, 1.807) is 6.07 Å². The van der Waals surface area contributed by atoms with E-state index < -0.39 is 11.0 Å².